The zero-order valence-electron chi connectivity index (χ0n) is 11.1. The molecule has 2 aromatic rings. The number of hydrogen-bond acceptors (Lipinski definition) is 4. The molecule has 2 rings (SSSR count). The molecular weight excluding hydrogens is 242 g/mol. The zero-order valence-corrected chi connectivity index (χ0v) is 11.9. The summed E-state index contributed by atoms with van der Waals surface area (Å²) in [6.07, 6.45) is 0. The molecule has 18 heavy (non-hydrogen) atoms. The molecule has 0 unspecified atom stereocenters. The number of hydrogen-bond donors (Lipinski definition) is 1. The van der Waals surface area contributed by atoms with Gasteiger partial charge >= 0.3 is 0 Å². The van der Waals surface area contributed by atoms with Crippen molar-refractivity contribution in [2.45, 2.75) is 27.3 Å². The van der Waals surface area contributed by atoms with Gasteiger partial charge in [-0.05, 0) is 39.0 Å². The van der Waals surface area contributed by atoms with Crippen LogP contribution >= 0.6 is 11.3 Å². The number of benzene rings is 1. The van der Waals surface area contributed by atoms with Crippen LogP contribution < -0.4 is 10.6 Å². The first-order valence-corrected chi connectivity index (χ1v) is 6.95. The first-order valence-electron chi connectivity index (χ1n) is 6.13. The minimum absolute atomic E-state index is 0.803. The lowest BCUT2D eigenvalue weighted by atomic mass is 10.2. The van der Waals surface area contributed by atoms with Crippen molar-refractivity contribution in [1.82, 2.24) is 4.98 Å². The van der Waals surface area contributed by atoms with Gasteiger partial charge in [-0.25, -0.2) is 4.98 Å². The summed E-state index contributed by atoms with van der Waals surface area (Å²) in [5.41, 5.74) is 8.93. The van der Waals surface area contributed by atoms with Gasteiger partial charge < -0.3 is 10.6 Å². The van der Waals surface area contributed by atoms with E-state index < -0.39 is 0 Å². The van der Waals surface area contributed by atoms with Crippen molar-refractivity contribution in [2.75, 3.05) is 17.2 Å². The Morgan fingerprint density at radius 3 is 2.67 bits per heavy atom. The second-order valence-electron chi connectivity index (χ2n) is 4.36. The van der Waals surface area contributed by atoms with Gasteiger partial charge in [0, 0.05) is 22.8 Å². The predicted molar refractivity (Wildman–Crippen MR) is 79.2 cm³/mol. The summed E-state index contributed by atoms with van der Waals surface area (Å²) in [6, 6.07) is 8.00. The van der Waals surface area contributed by atoms with Crippen molar-refractivity contribution < 1.29 is 0 Å². The Balaban J connectivity index is 2.19. The van der Waals surface area contributed by atoms with Crippen LogP contribution in [0.5, 0.6) is 0 Å². The Morgan fingerprint density at radius 2 is 2.11 bits per heavy atom. The van der Waals surface area contributed by atoms with Crippen LogP contribution in [0.15, 0.2) is 24.3 Å². The average Bonchev–Trinajstić information content (AvgIpc) is 2.65. The SMILES string of the molecule is CCN(Cc1nc(C)c(C)s1)c1cccc(N)c1. The van der Waals surface area contributed by atoms with Crippen molar-refractivity contribution >= 4 is 22.7 Å². The van der Waals surface area contributed by atoms with Crippen LogP contribution in [0.25, 0.3) is 0 Å². The van der Waals surface area contributed by atoms with E-state index in [0.29, 0.717) is 0 Å². The Hall–Kier alpha value is -1.55. The second-order valence-corrected chi connectivity index (χ2v) is 5.65. The Kier molecular flexibility index (Phi) is 3.87. The molecule has 3 nitrogen and oxygen atoms in total. The van der Waals surface area contributed by atoms with Crippen molar-refractivity contribution in [3.63, 3.8) is 0 Å². The van der Waals surface area contributed by atoms with Crippen LogP contribution in [0.2, 0.25) is 0 Å². The van der Waals surface area contributed by atoms with Gasteiger partial charge in [0.05, 0.1) is 12.2 Å². The van der Waals surface area contributed by atoms with E-state index >= 15 is 0 Å². The van der Waals surface area contributed by atoms with Crippen molar-refractivity contribution in [3.05, 3.63) is 39.8 Å². The van der Waals surface area contributed by atoms with E-state index in [4.69, 9.17) is 5.73 Å². The van der Waals surface area contributed by atoms with E-state index in [1.807, 2.05) is 18.2 Å². The molecule has 1 aromatic heterocycles. The summed E-state index contributed by atoms with van der Waals surface area (Å²) in [4.78, 5) is 8.18. The minimum Gasteiger partial charge on any atom is -0.399 e. The molecular formula is C14H19N3S. The van der Waals surface area contributed by atoms with E-state index in [0.717, 1.165) is 35.2 Å². The highest BCUT2D eigenvalue weighted by Crippen LogP contribution is 2.23. The highest BCUT2D eigenvalue weighted by Gasteiger charge is 2.09. The van der Waals surface area contributed by atoms with Gasteiger partial charge in [0.1, 0.15) is 5.01 Å². The lowest BCUT2D eigenvalue weighted by Gasteiger charge is -2.22. The van der Waals surface area contributed by atoms with Crippen molar-refractivity contribution in [3.8, 4) is 0 Å². The fraction of sp³-hybridized carbons (Fsp3) is 0.357. The monoisotopic (exact) mass is 261 g/mol. The second kappa shape index (κ2) is 5.40. The number of nitrogens with zero attached hydrogens (tertiary/aromatic N) is 2. The largest absolute Gasteiger partial charge is 0.399 e. The molecule has 0 saturated carbocycles. The molecule has 4 heteroatoms. The average molecular weight is 261 g/mol. The standard InChI is InChI=1S/C14H19N3S/c1-4-17(13-7-5-6-12(15)8-13)9-14-16-10(2)11(3)18-14/h5-8H,4,9,15H2,1-3H3. The Bertz CT molecular complexity index is 514. The highest BCUT2D eigenvalue weighted by atomic mass is 32.1. The molecule has 2 N–H and O–H groups in total. The lowest BCUT2D eigenvalue weighted by molar-refractivity contribution is 0.823. The summed E-state index contributed by atoms with van der Waals surface area (Å²) >= 11 is 1.77. The number of thiazole rings is 1. The molecule has 0 aliphatic rings. The third-order valence-corrected chi connectivity index (χ3v) is 4.07. The quantitative estimate of drug-likeness (QED) is 0.858. The highest BCUT2D eigenvalue weighted by molar-refractivity contribution is 7.11. The van der Waals surface area contributed by atoms with E-state index in [9.17, 15) is 0 Å². The third-order valence-electron chi connectivity index (χ3n) is 3.02. The molecule has 0 aliphatic heterocycles. The van der Waals surface area contributed by atoms with Gasteiger partial charge in [-0.1, -0.05) is 6.07 Å². The van der Waals surface area contributed by atoms with Crippen LogP contribution in [0.4, 0.5) is 11.4 Å². The smallest absolute Gasteiger partial charge is 0.112 e. The number of nitrogen functional groups attached to an aromatic ring is 1. The normalized spacial score (nSPS) is 10.6. The Labute approximate surface area is 112 Å². The van der Waals surface area contributed by atoms with Gasteiger partial charge in [-0.3, -0.25) is 0 Å². The van der Waals surface area contributed by atoms with E-state index in [1.54, 1.807) is 11.3 Å². The summed E-state index contributed by atoms with van der Waals surface area (Å²) in [6.45, 7) is 8.12. The molecule has 0 saturated heterocycles. The molecule has 0 aliphatic carbocycles. The molecule has 0 atom stereocenters. The fourth-order valence-corrected chi connectivity index (χ4v) is 2.83. The molecule has 0 spiro atoms. The van der Waals surface area contributed by atoms with E-state index in [-0.39, 0.29) is 0 Å². The molecule has 0 amide bonds. The first kappa shape index (κ1) is 12.9. The molecule has 1 heterocycles. The third kappa shape index (κ3) is 2.82. The molecule has 0 fully saturated rings. The maximum Gasteiger partial charge on any atom is 0.112 e. The van der Waals surface area contributed by atoms with Crippen molar-refractivity contribution in [2.24, 2.45) is 0 Å². The maximum atomic E-state index is 5.83. The first-order chi connectivity index (χ1) is 8.60. The molecule has 0 radical (unpaired) electrons. The summed E-state index contributed by atoms with van der Waals surface area (Å²) in [7, 11) is 0. The molecule has 96 valence electrons. The summed E-state index contributed by atoms with van der Waals surface area (Å²) in [5.74, 6) is 0. The minimum atomic E-state index is 0.803. The van der Waals surface area contributed by atoms with Gasteiger partial charge in [-0.2, -0.15) is 0 Å². The van der Waals surface area contributed by atoms with Gasteiger partial charge in [-0.15, -0.1) is 11.3 Å². The van der Waals surface area contributed by atoms with Crippen LogP contribution in [-0.4, -0.2) is 11.5 Å². The van der Waals surface area contributed by atoms with Gasteiger partial charge in [0.15, 0.2) is 0 Å². The number of aromatic nitrogens is 1. The summed E-state index contributed by atoms with van der Waals surface area (Å²) in [5, 5.41) is 1.16. The van der Waals surface area contributed by atoms with E-state index in [2.05, 4.69) is 36.7 Å². The predicted octanol–water partition coefficient (Wildman–Crippen LogP) is 3.37. The summed E-state index contributed by atoms with van der Waals surface area (Å²) < 4.78 is 0. The number of nitrogens with two attached hydrogens (primary N) is 1. The zero-order chi connectivity index (χ0) is 13.1. The molecule has 1 aromatic carbocycles. The topological polar surface area (TPSA) is 42.2 Å². The van der Waals surface area contributed by atoms with Gasteiger partial charge in [0.25, 0.3) is 0 Å². The number of rotatable bonds is 4. The van der Waals surface area contributed by atoms with Crippen LogP contribution in [-0.2, 0) is 6.54 Å². The van der Waals surface area contributed by atoms with E-state index in [1.165, 1.54) is 4.88 Å². The molecule has 0 bridgehead atoms. The number of aryl methyl sites for hydroxylation is 2. The maximum absolute atomic E-state index is 5.83. The van der Waals surface area contributed by atoms with Crippen LogP contribution in [0.3, 0.4) is 0 Å². The van der Waals surface area contributed by atoms with Crippen LogP contribution in [0.1, 0.15) is 22.5 Å². The fourth-order valence-electron chi connectivity index (χ4n) is 1.88. The number of anilines is 2. The Morgan fingerprint density at radius 1 is 1.33 bits per heavy atom. The van der Waals surface area contributed by atoms with Crippen molar-refractivity contribution in [1.29, 1.82) is 0 Å². The van der Waals surface area contributed by atoms with Crippen LogP contribution in [0, 0.1) is 13.8 Å². The lowest BCUT2D eigenvalue weighted by Crippen LogP contribution is -2.21. The van der Waals surface area contributed by atoms with Gasteiger partial charge in [0.2, 0.25) is 0 Å².